The van der Waals surface area contributed by atoms with Gasteiger partial charge in [-0.05, 0) is 43.9 Å². The molecule has 5 N–H and O–H groups in total. The number of hydrogen-bond acceptors (Lipinski definition) is 6. The number of benzene rings is 1. The molecule has 1 aromatic heterocycles. The van der Waals surface area contributed by atoms with Crippen LogP contribution in [0, 0.1) is 6.92 Å². The quantitative estimate of drug-likeness (QED) is 0.748. The van der Waals surface area contributed by atoms with Crippen molar-refractivity contribution in [1.82, 2.24) is 4.98 Å². The summed E-state index contributed by atoms with van der Waals surface area (Å²) in [6, 6.07) is 6.72. The van der Waals surface area contributed by atoms with Crippen LogP contribution in [0.1, 0.15) is 37.3 Å². The molecule has 1 fully saturated rings. The molecule has 7 heteroatoms. The first-order chi connectivity index (χ1) is 12.9. The van der Waals surface area contributed by atoms with Crippen molar-refractivity contribution in [2.24, 2.45) is 5.73 Å². The average Bonchev–Trinajstić information content (AvgIpc) is 3.32. The Hall–Kier alpha value is -2.80. The number of nitrogens with one attached hydrogen (secondary N) is 1. The van der Waals surface area contributed by atoms with Crippen LogP contribution in [0.5, 0.6) is 17.4 Å². The lowest BCUT2D eigenvalue weighted by atomic mass is 9.95. The number of rotatable bonds is 5. The third-order valence-corrected chi connectivity index (χ3v) is 5.34. The van der Waals surface area contributed by atoms with Crippen molar-refractivity contribution in [2.75, 3.05) is 17.7 Å². The second kappa shape index (κ2) is 6.42. The maximum Gasteiger partial charge on any atom is 0.241 e. The SMILES string of the molecule is CC[C@@H](N)C(=O)Nc1ccc(Oc2ccc(C)c3c2C2(CC2)CO3)nc1N. The van der Waals surface area contributed by atoms with Gasteiger partial charge in [0.1, 0.15) is 11.5 Å². The monoisotopic (exact) mass is 368 g/mol. The summed E-state index contributed by atoms with van der Waals surface area (Å²) in [5, 5.41) is 2.70. The Kier molecular flexibility index (Phi) is 4.19. The number of fused-ring (bicyclic) bond motifs is 2. The topological polar surface area (TPSA) is 112 Å². The Balaban J connectivity index is 1.57. The van der Waals surface area contributed by atoms with E-state index in [0.29, 0.717) is 24.6 Å². The van der Waals surface area contributed by atoms with Crippen LogP contribution in [-0.4, -0.2) is 23.5 Å². The van der Waals surface area contributed by atoms with Crippen molar-refractivity contribution in [2.45, 2.75) is 44.6 Å². The predicted molar refractivity (Wildman–Crippen MR) is 103 cm³/mol. The summed E-state index contributed by atoms with van der Waals surface area (Å²) >= 11 is 0. The van der Waals surface area contributed by atoms with Crippen molar-refractivity contribution in [3.05, 3.63) is 35.4 Å². The third kappa shape index (κ3) is 3.08. The minimum Gasteiger partial charge on any atom is -0.492 e. The van der Waals surface area contributed by atoms with Crippen molar-refractivity contribution in [1.29, 1.82) is 0 Å². The van der Waals surface area contributed by atoms with E-state index < -0.39 is 6.04 Å². The van der Waals surface area contributed by atoms with Crippen LogP contribution in [-0.2, 0) is 10.2 Å². The molecule has 142 valence electrons. The number of nitrogen functional groups attached to an aromatic ring is 1. The van der Waals surface area contributed by atoms with Crippen LogP contribution >= 0.6 is 0 Å². The van der Waals surface area contributed by atoms with E-state index in [1.807, 2.05) is 26.0 Å². The fourth-order valence-electron chi connectivity index (χ4n) is 3.41. The molecule has 4 rings (SSSR count). The zero-order valence-electron chi connectivity index (χ0n) is 15.5. The van der Waals surface area contributed by atoms with Gasteiger partial charge in [-0.1, -0.05) is 13.0 Å². The maximum absolute atomic E-state index is 11.9. The smallest absolute Gasteiger partial charge is 0.241 e. The number of anilines is 2. The number of aryl methyl sites for hydroxylation is 1. The van der Waals surface area contributed by atoms with Crippen molar-refractivity contribution < 1.29 is 14.3 Å². The molecule has 1 saturated carbocycles. The Morgan fingerprint density at radius 1 is 1.37 bits per heavy atom. The Bertz CT molecular complexity index is 908. The van der Waals surface area contributed by atoms with Crippen molar-refractivity contribution in [3.63, 3.8) is 0 Å². The minimum atomic E-state index is -0.579. The van der Waals surface area contributed by atoms with Crippen LogP contribution < -0.4 is 26.3 Å². The first-order valence-corrected chi connectivity index (χ1v) is 9.21. The highest BCUT2D eigenvalue weighted by atomic mass is 16.5. The molecule has 0 radical (unpaired) electrons. The van der Waals surface area contributed by atoms with Gasteiger partial charge in [0.05, 0.1) is 18.3 Å². The molecular weight excluding hydrogens is 344 g/mol. The largest absolute Gasteiger partial charge is 0.492 e. The molecule has 1 amide bonds. The van der Waals surface area contributed by atoms with Crippen LogP contribution in [0.4, 0.5) is 11.5 Å². The zero-order valence-corrected chi connectivity index (χ0v) is 15.5. The van der Waals surface area contributed by atoms with Gasteiger partial charge in [0, 0.05) is 17.0 Å². The van der Waals surface area contributed by atoms with E-state index >= 15 is 0 Å². The number of carbonyl (C=O) groups excluding carboxylic acids is 1. The summed E-state index contributed by atoms with van der Waals surface area (Å²) in [4.78, 5) is 16.2. The molecule has 0 unspecified atom stereocenters. The van der Waals surface area contributed by atoms with Gasteiger partial charge in [0.25, 0.3) is 0 Å². The van der Waals surface area contributed by atoms with Crippen LogP contribution in [0.3, 0.4) is 0 Å². The lowest BCUT2D eigenvalue weighted by molar-refractivity contribution is -0.117. The Morgan fingerprint density at radius 2 is 2.15 bits per heavy atom. The molecule has 0 saturated heterocycles. The molecule has 1 aromatic carbocycles. The van der Waals surface area contributed by atoms with Gasteiger partial charge in [-0.25, -0.2) is 0 Å². The number of nitrogens with two attached hydrogens (primary N) is 2. The molecule has 0 bridgehead atoms. The lowest BCUT2D eigenvalue weighted by Gasteiger charge is -2.15. The normalized spacial score (nSPS) is 17.1. The van der Waals surface area contributed by atoms with Crippen LogP contribution in [0.15, 0.2) is 24.3 Å². The highest BCUT2D eigenvalue weighted by molar-refractivity contribution is 5.96. The lowest BCUT2D eigenvalue weighted by Crippen LogP contribution is -2.35. The van der Waals surface area contributed by atoms with E-state index in [1.54, 1.807) is 12.1 Å². The number of ether oxygens (including phenoxy) is 2. The molecule has 2 aliphatic rings. The van der Waals surface area contributed by atoms with E-state index in [9.17, 15) is 4.79 Å². The summed E-state index contributed by atoms with van der Waals surface area (Å²) in [7, 11) is 0. The van der Waals surface area contributed by atoms with Gasteiger partial charge >= 0.3 is 0 Å². The van der Waals surface area contributed by atoms with Crippen molar-refractivity contribution in [3.8, 4) is 17.4 Å². The van der Waals surface area contributed by atoms with Crippen LogP contribution in [0.2, 0.25) is 0 Å². The zero-order chi connectivity index (χ0) is 19.2. The minimum absolute atomic E-state index is 0.0897. The maximum atomic E-state index is 11.9. The Labute approximate surface area is 158 Å². The van der Waals surface area contributed by atoms with Crippen molar-refractivity contribution >= 4 is 17.4 Å². The summed E-state index contributed by atoms with van der Waals surface area (Å²) < 4.78 is 12.0. The molecular formula is C20H24N4O3. The first-order valence-electron chi connectivity index (χ1n) is 9.21. The molecule has 2 heterocycles. The van der Waals surface area contributed by atoms with E-state index in [-0.39, 0.29) is 17.1 Å². The second-order valence-corrected chi connectivity index (χ2v) is 7.34. The number of carbonyl (C=O) groups is 1. The number of hydrogen-bond donors (Lipinski definition) is 3. The summed E-state index contributed by atoms with van der Waals surface area (Å²) in [5.74, 6) is 1.95. The Morgan fingerprint density at radius 3 is 2.81 bits per heavy atom. The number of nitrogens with zero attached hydrogens (tertiary/aromatic N) is 1. The molecule has 1 atom stereocenters. The van der Waals surface area contributed by atoms with Gasteiger partial charge in [0.2, 0.25) is 11.8 Å². The number of aromatic nitrogens is 1. The highest BCUT2D eigenvalue weighted by Gasteiger charge is 2.53. The van der Waals surface area contributed by atoms with Gasteiger partial charge < -0.3 is 26.3 Å². The van der Waals surface area contributed by atoms with E-state index in [4.69, 9.17) is 20.9 Å². The number of amides is 1. The molecule has 7 nitrogen and oxygen atoms in total. The average molecular weight is 368 g/mol. The van der Waals surface area contributed by atoms with Gasteiger partial charge in [-0.3, -0.25) is 4.79 Å². The molecule has 1 aliphatic heterocycles. The van der Waals surface area contributed by atoms with E-state index in [0.717, 1.165) is 35.5 Å². The second-order valence-electron chi connectivity index (χ2n) is 7.34. The number of pyridine rings is 1. The van der Waals surface area contributed by atoms with Gasteiger partial charge in [-0.15, -0.1) is 0 Å². The molecule has 1 spiro atoms. The fraction of sp³-hybridized carbons (Fsp3) is 0.400. The molecule has 1 aliphatic carbocycles. The molecule has 2 aromatic rings. The summed E-state index contributed by atoms with van der Waals surface area (Å²) in [6.07, 6.45) is 2.76. The van der Waals surface area contributed by atoms with Crippen LogP contribution in [0.25, 0.3) is 0 Å². The third-order valence-electron chi connectivity index (χ3n) is 5.34. The predicted octanol–water partition coefficient (Wildman–Crippen LogP) is 2.86. The summed E-state index contributed by atoms with van der Waals surface area (Å²) in [6.45, 7) is 4.60. The fourth-order valence-corrected chi connectivity index (χ4v) is 3.41. The van der Waals surface area contributed by atoms with Gasteiger partial charge in [0.15, 0.2) is 5.82 Å². The van der Waals surface area contributed by atoms with Gasteiger partial charge in [-0.2, -0.15) is 4.98 Å². The first kappa shape index (κ1) is 17.6. The summed E-state index contributed by atoms with van der Waals surface area (Å²) in [5.41, 5.74) is 14.5. The molecule has 27 heavy (non-hydrogen) atoms. The standard InChI is InChI=1S/C20H24N4O3/c1-3-12(21)19(25)23-13-5-7-15(24-18(13)22)27-14-6-4-11(2)17-16(14)20(8-9-20)10-26-17/h4-7,12H,3,8-10,21H2,1-2H3,(H2,22,24)(H,23,25)/t12-/m1/s1. The van der Waals surface area contributed by atoms with E-state index in [2.05, 4.69) is 10.3 Å². The highest BCUT2D eigenvalue weighted by Crippen LogP contribution is 2.59. The van der Waals surface area contributed by atoms with E-state index in [1.165, 1.54) is 0 Å².